The maximum Gasteiger partial charge on any atom is 0.246 e. The van der Waals surface area contributed by atoms with Crippen LogP contribution in [0.4, 0.5) is 10.1 Å². The number of hydrogen-bond acceptors (Lipinski definition) is 2. The average molecular weight is 394 g/mol. The minimum Gasteiger partial charge on any atom is -0.370 e. The minimum absolute atomic E-state index is 0. The zero-order chi connectivity index (χ0) is 14.3. The second-order valence-corrected chi connectivity index (χ2v) is 3.91. The molecule has 112 valence electrons. The number of halogens is 2. The number of anilines is 1. The number of hydrogen-bond donors (Lipinski definition) is 2. The number of nitrogens with two attached hydrogens (primary N) is 1. The first-order valence-corrected chi connectivity index (χ1v) is 6.17. The van der Waals surface area contributed by atoms with Gasteiger partial charge in [0.1, 0.15) is 12.4 Å². The van der Waals surface area contributed by atoms with Crippen LogP contribution in [0.25, 0.3) is 0 Å². The molecule has 5 nitrogen and oxygen atoms in total. The Bertz CT molecular complexity index is 463. The quantitative estimate of drug-likeness (QED) is 0.456. The third-order valence-corrected chi connectivity index (χ3v) is 2.58. The highest BCUT2D eigenvalue weighted by molar-refractivity contribution is 14.0. The molecular formula is C13H20FIN4O. The SMILES string of the molecule is CCN(CC)C(N)=NCC(=O)Nc1cccc(F)c1.I. The highest BCUT2D eigenvalue weighted by atomic mass is 127. The number of guanidine groups is 1. The number of carbonyl (C=O) groups excluding carboxylic acids is 1. The lowest BCUT2D eigenvalue weighted by Gasteiger charge is -2.19. The molecule has 1 rings (SSSR count). The van der Waals surface area contributed by atoms with Crippen molar-refractivity contribution < 1.29 is 9.18 Å². The molecule has 0 aliphatic heterocycles. The predicted molar refractivity (Wildman–Crippen MR) is 89.9 cm³/mol. The van der Waals surface area contributed by atoms with Gasteiger partial charge in [0.2, 0.25) is 5.91 Å². The van der Waals surface area contributed by atoms with E-state index < -0.39 is 5.82 Å². The van der Waals surface area contributed by atoms with Crippen molar-refractivity contribution in [2.24, 2.45) is 10.7 Å². The molecule has 0 unspecified atom stereocenters. The van der Waals surface area contributed by atoms with Gasteiger partial charge in [-0.15, -0.1) is 24.0 Å². The summed E-state index contributed by atoms with van der Waals surface area (Å²) in [5.74, 6) is -0.399. The summed E-state index contributed by atoms with van der Waals surface area (Å²) >= 11 is 0. The number of rotatable bonds is 5. The summed E-state index contributed by atoms with van der Waals surface area (Å²) in [7, 11) is 0. The fourth-order valence-corrected chi connectivity index (χ4v) is 1.57. The van der Waals surface area contributed by atoms with Crippen LogP contribution in [0.5, 0.6) is 0 Å². The van der Waals surface area contributed by atoms with Crippen LogP contribution in [0, 0.1) is 5.82 Å². The van der Waals surface area contributed by atoms with Crippen molar-refractivity contribution in [2.75, 3.05) is 25.0 Å². The van der Waals surface area contributed by atoms with E-state index in [1.807, 2.05) is 18.7 Å². The molecule has 1 aromatic rings. The first kappa shape index (κ1) is 18.6. The average Bonchev–Trinajstić information content (AvgIpc) is 2.38. The molecule has 7 heteroatoms. The van der Waals surface area contributed by atoms with Gasteiger partial charge < -0.3 is 16.0 Å². The lowest BCUT2D eigenvalue weighted by molar-refractivity contribution is -0.114. The van der Waals surface area contributed by atoms with Gasteiger partial charge in [-0.1, -0.05) is 6.07 Å². The molecule has 3 N–H and O–H groups in total. The Balaban J connectivity index is 0.00000361. The molecule has 0 aromatic heterocycles. The monoisotopic (exact) mass is 394 g/mol. The molecule has 0 radical (unpaired) electrons. The molecule has 0 saturated carbocycles. The number of nitrogens with zero attached hydrogens (tertiary/aromatic N) is 2. The summed E-state index contributed by atoms with van der Waals surface area (Å²) in [5.41, 5.74) is 6.14. The lowest BCUT2D eigenvalue weighted by atomic mass is 10.3. The van der Waals surface area contributed by atoms with E-state index in [0.717, 1.165) is 13.1 Å². The summed E-state index contributed by atoms with van der Waals surface area (Å²) < 4.78 is 12.9. The van der Waals surface area contributed by atoms with Crippen LogP contribution in [0.2, 0.25) is 0 Å². The maximum absolute atomic E-state index is 12.9. The number of benzene rings is 1. The molecule has 20 heavy (non-hydrogen) atoms. The van der Waals surface area contributed by atoms with Gasteiger partial charge in [0.15, 0.2) is 5.96 Å². The summed E-state index contributed by atoms with van der Waals surface area (Å²) in [5, 5.41) is 2.55. The Hall–Kier alpha value is -1.38. The molecule has 0 fully saturated rings. The standard InChI is InChI=1S/C13H19FN4O.HI/c1-3-18(4-2)13(15)16-9-12(19)17-11-7-5-6-10(14)8-11;/h5-8H,3-4,9H2,1-2H3,(H2,15,16)(H,17,19);1H. The van der Waals surface area contributed by atoms with Gasteiger partial charge in [0, 0.05) is 18.8 Å². The van der Waals surface area contributed by atoms with Gasteiger partial charge in [-0.25, -0.2) is 9.38 Å². The van der Waals surface area contributed by atoms with Crippen LogP contribution < -0.4 is 11.1 Å². The van der Waals surface area contributed by atoms with Crippen molar-refractivity contribution in [3.05, 3.63) is 30.1 Å². The van der Waals surface area contributed by atoms with E-state index in [2.05, 4.69) is 10.3 Å². The number of carbonyl (C=O) groups is 1. The Kier molecular flexibility index (Phi) is 8.86. The highest BCUT2D eigenvalue weighted by Crippen LogP contribution is 2.08. The van der Waals surface area contributed by atoms with E-state index in [-0.39, 0.29) is 36.4 Å². The van der Waals surface area contributed by atoms with Crippen LogP contribution in [0.3, 0.4) is 0 Å². The van der Waals surface area contributed by atoms with Gasteiger partial charge in [0.25, 0.3) is 0 Å². The molecule has 0 aliphatic carbocycles. The predicted octanol–water partition coefficient (Wildman–Crippen LogP) is 2.04. The molecule has 0 atom stereocenters. The fourth-order valence-electron chi connectivity index (χ4n) is 1.57. The summed E-state index contributed by atoms with van der Waals surface area (Å²) in [6.45, 7) is 5.30. The third kappa shape index (κ3) is 6.18. The molecule has 0 spiro atoms. The first-order chi connectivity index (χ1) is 9.06. The van der Waals surface area contributed by atoms with Crippen molar-refractivity contribution in [2.45, 2.75) is 13.8 Å². The zero-order valence-electron chi connectivity index (χ0n) is 11.6. The van der Waals surface area contributed by atoms with Gasteiger partial charge in [-0.3, -0.25) is 4.79 Å². The molecule has 0 aliphatic rings. The van der Waals surface area contributed by atoms with Crippen molar-refractivity contribution >= 4 is 41.5 Å². The summed E-state index contributed by atoms with van der Waals surface area (Å²) in [4.78, 5) is 17.5. The fraction of sp³-hybridized carbons (Fsp3) is 0.385. The molecule has 0 heterocycles. The third-order valence-electron chi connectivity index (χ3n) is 2.58. The smallest absolute Gasteiger partial charge is 0.246 e. The van der Waals surface area contributed by atoms with Crippen molar-refractivity contribution in [3.63, 3.8) is 0 Å². The molecule has 1 aromatic carbocycles. The Morgan fingerprint density at radius 3 is 2.60 bits per heavy atom. The van der Waals surface area contributed by atoms with Crippen molar-refractivity contribution in [1.82, 2.24) is 4.90 Å². The summed E-state index contributed by atoms with van der Waals surface area (Å²) in [6, 6.07) is 5.69. The van der Waals surface area contributed by atoms with Crippen LogP contribution in [0.15, 0.2) is 29.3 Å². The van der Waals surface area contributed by atoms with Gasteiger partial charge in [-0.2, -0.15) is 0 Å². The number of aliphatic imine (C=N–C) groups is 1. The van der Waals surface area contributed by atoms with E-state index in [0.29, 0.717) is 11.6 Å². The largest absolute Gasteiger partial charge is 0.370 e. The van der Waals surface area contributed by atoms with Crippen LogP contribution in [-0.2, 0) is 4.79 Å². The van der Waals surface area contributed by atoms with Gasteiger partial charge in [0.05, 0.1) is 0 Å². The van der Waals surface area contributed by atoms with E-state index >= 15 is 0 Å². The molecule has 0 saturated heterocycles. The topological polar surface area (TPSA) is 70.7 Å². The van der Waals surface area contributed by atoms with Crippen LogP contribution in [0.1, 0.15) is 13.8 Å². The Morgan fingerprint density at radius 2 is 2.05 bits per heavy atom. The minimum atomic E-state index is -0.399. The Morgan fingerprint density at radius 1 is 1.40 bits per heavy atom. The van der Waals surface area contributed by atoms with Crippen molar-refractivity contribution in [3.8, 4) is 0 Å². The second-order valence-electron chi connectivity index (χ2n) is 3.91. The van der Waals surface area contributed by atoms with E-state index in [1.165, 1.54) is 18.2 Å². The van der Waals surface area contributed by atoms with E-state index in [9.17, 15) is 9.18 Å². The molecular weight excluding hydrogens is 374 g/mol. The maximum atomic E-state index is 12.9. The lowest BCUT2D eigenvalue weighted by Crippen LogP contribution is -2.37. The second kappa shape index (κ2) is 9.51. The molecule has 1 amide bonds. The van der Waals surface area contributed by atoms with E-state index in [4.69, 9.17) is 5.73 Å². The van der Waals surface area contributed by atoms with Crippen LogP contribution >= 0.6 is 24.0 Å². The zero-order valence-corrected chi connectivity index (χ0v) is 13.9. The number of nitrogens with one attached hydrogen (secondary N) is 1. The molecule has 0 bridgehead atoms. The summed E-state index contributed by atoms with van der Waals surface area (Å²) in [6.07, 6.45) is 0. The van der Waals surface area contributed by atoms with Gasteiger partial charge in [-0.05, 0) is 32.0 Å². The first-order valence-electron chi connectivity index (χ1n) is 6.17. The van der Waals surface area contributed by atoms with E-state index in [1.54, 1.807) is 6.07 Å². The number of amides is 1. The van der Waals surface area contributed by atoms with Crippen LogP contribution in [-0.4, -0.2) is 36.4 Å². The van der Waals surface area contributed by atoms with Gasteiger partial charge >= 0.3 is 0 Å². The van der Waals surface area contributed by atoms with Crippen molar-refractivity contribution in [1.29, 1.82) is 0 Å². The highest BCUT2D eigenvalue weighted by Gasteiger charge is 2.05. The normalized spacial score (nSPS) is 10.7. The Labute approximate surface area is 135 Å².